The first-order valence-corrected chi connectivity index (χ1v) is 12.9. The normalized spacial score (nSPS) is 12.3. The Hall–Kier alpha value is -4.34. The predicted molar refractivity (Wildman–Crippen MR) is 134 cm³/mol. The van der Waals surface area contributed by atoms with Gasteiger partial charge in [0.2, 0.25) is 0 Å². The van der Waals surface area contributed by atoms with Crippen molar-refractivity contribution < 1.29 is 17.0 Å². The monoisotopic (exact) mass is 523 g/mol. The average Bonchev–Trinajstić information content (AvgIpc) is 3.37. The number of aromatic nitrogens is 4. The first-order valence-electron chi connectivity index (χ1n) is 11.1. The lowest BCUT2D eigenvalue weighted by atomic mass is 10.1. The van der Waals surface area contributed by atoms with Crippen LogP contribution in [-0.2, 0) is 21.0 Å². The Morgan fingerprint density at radius 1 is 1.11 bits per heavy atom. The maximum atomic E-state index is 13.6. The van der Waals surface area contributed by atoms with Gasteiger partial charge in [-0.1, -0.05) is 12.1 Å². The van der Waals surface area contributed by atoms with E-state index in [1.54, 1.807) is 48.5 Å². The molecule has 0 saturated heterocycles. The minimum absolute atomic E-state index is 0.0818. The molecule has 4 aromatic rings. The molecule has 0 radical (unpaired) electrons. The van der Waals surface area contributed by atoms with Crippen molar-refractivity contribution in [2.75, 3.05) is 12.9 Å². The summed E-state index contributed by atoms with van der Waals surface area (Å²) in [5, 5.41) is 13.4. The summed E-state index contributed by atoms with van der Waals surface area (Å²) in [6, 6.07) is 15.4. The van der Waals surface area contributed by atoms with E-state index in [2.05, 4.69) is 5.10 Å². The Morgan fingerprint density at radius 2 is 1.84 bits per heavy atom. The minimum Gasteiger partial charge on any atom is -0.268 e. The Morgan fingerprint density at radius 3 is 2.49 bits per heavy atom. The summed E-state index contributed by atoms with van der Waals surface area (Å²) in [5.74, 6) is 0. The van der Waals surface area contributed by atoms with Crippen molar-refractivity contribution in [2.24, 2.45) is 0 Å². The lowest BCUT2D eigenvalue weighted by molar-refractivity contribution is 0.260. The van der Waals surface area contributed by atoms with Crippen LogP contribution in [0.25, 0.3) is 22.6 Å². The van der Waals surface area contributed by atoms with E-state index < -0.39 is 40.7 Å². The molecule has 4 rings (SSSR count). The molecule has 12 heteroatoms. The first-order chi connectivity index (χ1) is 17.6. The quantitative estimate of drug-likeness (QED) is 0.325. The Balaban J connectivity index is 1.95. The fourth-order valence-corrected chi connectivity index (χ4v) is 4.24. The SMILES string of the molecule is C[C@H](COS(C)(=O)=O)n1c(=O)c(-c2ccnn2-c2ccc(C#N)cc2)cn(-c2cccc(CF)c2)c1=O. The van der Waals surface area contributed by atoms with Crippen molar-refractivity contribution in [3.63, 3.8) is 0 Å². The van der Waals surface area contributed by atoms with Crippen molar-refractivity contribution in [2.45, 2.75) is 19.6 Å². The minimum atomic E-state index is -3.83. The van der Waals surface area contributed by atoms with Gasteiger partial charge in [0, 0.05) is 6.20 Å². The third-order valence-electron chi connectivity index (χ3n) is 5.59. The number of nitrogens with zero attached hydrogens (tertiary/aromatic N) is 5. The first kappa shape index (κ1) is 25.7. The number of halogens is 1. The van der Waals surface area contributed by atoms with Crippen LogP contribution in [0.3, 0.4) is 0 Å². The molecule has 2 aromatic carbocycles. The number of hydrogen-bond donors (Lipinski definition) is 0. The molecule has 0 N–H and O–H groups in total. The molecule has 0 aliphatic rings. The molecule has 0 bridgehead atoms. The van der Waals surface area contributed by atoms with E-state index in [0.29, 0.717) is 28.2 Å². The second-order valence-corrected chi connectivity index (χ2v) is 9.94. The van der Waals surface area contributed by atoms with Crippen molar-refractivity contribution in [1.29, 1.82) is 5.26 Å². The van der Waals surface area contributed by atoms with E-state index in [9.17, 15) is 22.4 Å². The van der Waals surface area contributed by atoms with Gasteiger partial charge in [-0.2, -0.15) is 18.8 Å². The van der Waals surface area contributed by atoms with Crippen LogP contribution in [0.1, 0.15) is 24.1 Å². The van der Waals surface area contributed by atoms with Crippen LogP contribution in [0.5, 0.6) is 0 Å². The van der Waals surface area contributed by atoms with Crippen LogP contribution >= 0.6 is 0 Å². The van der Waals surface area contributed by atoms with Crippen LogP contribution in [0.4, 0.5) is 4.39 Å². The summed E-state index contributed by atoms with van der Waals surface area (Å²) in [6.07, 6.45) is 3.70. The highest BCUT2D eigenvalue weighted by atomic mass is 32.2. The van der Waals surface area contributed by atoms with Crippen LogP contribution in [-0.4, -0.2) is 40.2 Å². The summed E-state index contributed by atoms with van der Waals surface area (Å²) in [5.41, 5.74) is 0.641. The molecule has 2 heterocycles. The fraction of sp³-hybridized carbons (Fsp3) is 0.200. The standard InChI is InChI=1S/C25H22FN5O5S/c1-17(16-36-37(2,34)35)30-24(32)22(15-29(25(30)33)21-5-3-4-19(12-21)13-26)23-10-11-28-31(23)20-8-6-18(14-27)7-9-20/h3-12,15,17H,13,16H2,1-2H3/t17-/m1/s1. The average molecular weight is 524 g/mol. The zero-order valence-electron chi connectivity index (χ0n) is 19.9. The van der Waals surface area contributed by atoms with E-state index in [0.717, 1.165) is 10.8 Å². The predicted octanol–water partition coefficient (Wildman–Crippen LogP) is 2.73. The van der Waals surface area contributed by atoms with Crippen molar-refractivity contribution in [3.05, 3.63) is 99.0 Å². The summed E-state index contributed by atoms with van der Waals surface area (Å²) in [6.45, 7) is 0.286. The molecular formula is C25H22FN5O5S. The molecule has 0 aliphatic heterocycles. The highest BCUT2D eigenvalue weighted by Crippen LogP contribution is 2.21. The number of rotatable bonds is 8. The second-order valence-electron chi connectivity index (χ2n) is 8.30. The molecule has 10 nitrogen and oxygen atoms in total. The van der Waals surface area contributed by atoms with E-state index in [1.165, 1.54) is 34.6 Å². The molecule has 0 aliphatic carbocycles. The van der Waals surface area contributed by atoms with Gasteiger partial charge < -0.3 is 0 Å². The second kappa shape index (κ2) is 10.3. The van der Waals surface area contributed by atoms with Crippen LogP contribution < -0.4 is 11.2 Å². The topological polar surface area (TPSA) is 129 Å². The Kier molecular flexibility index (Phi) is 7.19. The van der Waals surface area contributed by atoms with E-state index in [4.69, 9.17) is 9.44 Å². The zero-order valence-corrected chi connectivity index (χ0v) is 20.7. The van der Waals surface area contributed by atoms with Crippen LogP contribution in [0, 0.1) is 11.3 Å². The Labute approximate surface area is 211 Å². The van der Waals surface area contributed by atoms with Gasteiger partial charge in [0.15, 0.2) is 0 Å². The highest BCUT2D eigenvalue weighted by Gasteiger charge is 2.22. The Bertz CT molecular complexity index is 1720. The molecular weight excluding hydrogens is 501 g/mol. The lowest BCUT2D eigenvalue weighted by Crippen LogP contribution is -2.43. The summed E-state index contributed by atoms with van der Waals surface area (Å²) < 4.78 is 44.9. The molecule has 0 spiro atoms. The third-order valence-corrected chi connectivity index (χ3v) is 6.15. The largest absolute Gasteiger partial charge is 0.335 e. The van der Waals surface area contributed by atoms with Crippen molar-refractivity contribution >= 4 is 10.1 Å². The number of benzene rings is 2. The van der Waals surface area contributed by atoms with Gasteiger partial charge in [0.25, 0.3) is 15.7 Å². The van der Waals surface area contributed by atoms with Crippen molar-refractivity contribution in [1.82, 2.24) is 18.9 Å². The van der Waals surface area contributed by atoms with Gasteiger partial charge in [-0.3, -0.25) is 18.1 Å². The summed E-state index contributed by atoms with van der Waals surface area (Å²) in [4.78, 5) is 27.1. The summed E-state index contributed by atoms with van der Waals surface area (Å²) in [7, 11) is -3.83. The van der Waals surface area contributed by atoms with E-state index >= 15 is 0 Å². The van der Waals surface area contributed by atoms with Gasteiger partial charge >= 0.3 is 5.69 Å². The number of alkyl halides is 1. The summed E-state index contributed by atoms with van der Waals surface area (Å²) >= 11 is 0. The molecule has 1 atom stereocenters. The van der Waals surface area contributed by atoms with E-state index in [-0.39, 0.29) is 5.56 Å². The van der Waals surface area contributed by atoms with Crippen LogP contribution in [0.2, 0.25) is 0 Å². The van der Waals surface area contributed by atoms with Gasteiger partial charge in [-0.05, 0) is 55.0 Å². The van der Waals surface area contributed by atoms with Crippen LogP contribution in [0.15, 0.2) is 76.6 Å². The fourth-order valence-electron chi connectivity index (χ4n) is 3.80. The zero-order chi connectivity index (χ0) is 26.7. The van der Waals surface area contributed by atoms with Gasteiger partial charge in [0.05, 0.1) is 59.4 Å². The maximum absolute atomic E-state index is 13.6. The van der Waals surface area contributed by atoms with Gasteiger partial charge in [-0.15, -0.1) is 0 Å². The number of hydrogen-bond acceptors (Lipinski definition) is 7. The lowest BCUT2D eigenvalue weighted by Gasteiger charge is -2.18. The molecule has 0 amide bonds. The van der Waals surface area contributed by atoms with E-state index in [1.807, 2.05) is 6.07 Å². The van der Waals surface area contributed by atoms with Crippen molar-refractivity contribution in [3.8, 4) is 28.7 Å². The molecule has 190 valence electrons. The van der Waals surface area contributed by atoms with Gasteiger partial charge in [-0.25, -0.2) is 13.9 Å². The third kappa shape index (κ3) is 5.42. The highest BCUT2D eigenvalue weighted by molar-refractivity contribution is 7.85. The van der Waals surface area contributed by atoms with Gasteiger partial charge in [0.1, 0.15) is 6.67 Å². The smallest absolute Gasteiger partial charge is 0.268 e. The molecule has 2 aromatic heterocycles. The molecule has 0 fully saturated rings. The maximum Gasteiger partial charge on any atom is 0.335 e. The number of nitriles is 1. The molecule has 0 saturated carbocycles. The molecule has 0 unspecified atom stereocenters. The molecule has 37 heavy (non-hydrogen) atoms.